The van der Waals surface area contributed by atoms with Gasteiger partial charge in [0, 0.05) is 12.8 Å². The number of rotatable bonds is 6. The second-order valence-corrected chi connectivity index (χ2v) is 6.87. The highest BCUT2D eigenvalue weighted by Gasteiger charge is 2.26. The van der Waals surface area contributed by atoms with Crippen LogP contribution >= 0.6 is 0 Å². The van der Waals surface area contributed by atoms with Gasteiger partial charge in [-0.25, -0.2) is 0 Å². The first-order chi connectivity index (χ1) is 9.88. The van der Waals surface area contributed by atoms with Crippen LogP contribution in [0.4, 0.5) is 0 Å². The van der Waals surface area contributed by atoms with Crippen LogP contribution in [0.25, 0.3) is 0 Å². The molecule has 0 aromatic carbocycles. The summed E-state index contributed by atoms with van der Waals surface area (Å²) in [6.07, 6.45) is 6.19. The molecule has 122 valence electrons. The van der Waals surface area contributed by atoms with Gasteiger partial charge in [0.15, 0.2) is 0 Å². The van der Waals surface area contributed by atoms with E-state index in [9.17, 15) is 9.59 Å². The van der Waals surface area contributed by atoms with Gasteiger partial charge in [-0.05, 0) is 37.0 Å². The standard InChI is InChI=1S/C17H30O4/c1-12(2)14-7-4-6-13(3)10-15(11-14)21-17(20)9-5-8-16(18)19/h12-15H,4-11H2,1-3H3,(H,18,19)/t13-,14-,15-/m1/s1. The van der Waals surface area contributed by atoms with Gasteiger partial charge >= 0.3 is 11.9 Å². The Morgan fingerprint density at radius 1 is 1.19 bits per heavy atom. The molecule has 0 amide bonds. The lowest BCUT2D eigenvalue weighted by Gasteiger charge is -2.31. The minimum absolute atomic E-state index is 0.00466. The minimum Gasteiger partial charge on any atom is -0.481 e. The molecule has 0 aromatic rings. The van der Waals surface area contributed by atoms with Crippen molar-refractivity contribution in [3.8, 4) is 0 Å². The predicted molar refractivity (Wildman–Crippen MR) is 81.9 cm³/mol. The minimum atomic E-state index is -0.859. The zero-order valence-corrected chi connectivity index (χ0v) is 13.6. The molecule has 0 bridgehead atoms. The summed E-state index contributed by atoms with van der Waals surface area (Å²) in [7, 11) is 0. The van der Waals surface area contributed by atoms with E-state index in [2.05, 4.69) is 20.8 Å². The maximum absolute atomic E-state index is 11.9. The van der Waals surface area contributed by atoms with E-state index in [-0.39, 0.29) is 24.9 Å². The molecular weight excluding hydrogens is 268 g/mol. The lowest BCUT2D eigenvalue weighted by Crippen LogP contribution is -2.27. The van der Waals surface area contributed by atoms with Crippen molar-refractivity contribution >= 4 is 11.9 Å². The average molecular weight is 298 g/mol. The van der Waals surface area contributed by atoms with Crippen molar-refractivity contribution in [2.45, 2.75) is 78.2 Å². The number of carboxylic acid groups (broad SMARTS) is 1. The molecule has 3 atom stereocenters. The van der Waals surface area contributed by atoms with E-state index >= 15 is 0 Å². The molecule has 0 radical (unpaired) electrons. The highest BCUT2D eigenvalue weighted by atomic mass is 16.5. The van der Waals surface area contributed by atoms with Gasteiger partial charge in [-0.2, -0.15) is 0 Å². The van der Waals surface area contributed by atoms with E-state index in [1.807, 2.05) is 0 Å². The van der Waals surface area contributed by atoms with Crippen molar-refractivity contribution in [1.82, 2.24) is 0 Å². The monoisotopic (exact) mass is 298 g/mol. The molecule has 0 spiro atoms. The van der Waals surface area contributed by atoms with Gasteiger partial charge in [-0.1, -0.05) is 40.0 Å². The Kier molecular flexibility index (Phi) is 7.76. The van der Waals surface area contributed by atoms with Crippen LogP contribution in [-0.4, -0.2) is 23.1 Å². The molecule has 1 fully saturated rings. The molecule has 4 nitrogen and oxygen atoms in total. The van der Waals surface area contributed by atoms with Crippen molar-refractivity contribution in [2.24, 2.45) is 17.8 Å². The van der Waals surface area contributed by atoms with E-state index in [0.29, 0.717) is 24.2 Å². The first kappa shape index (κ1) is 18.0. The van der Waals surface area contributed by atoms with Crippen molar-refractivity contribution in [1.29, 1.82) is 0 Å². The molecule has 1 rings (SSSR count). The number of carbonyl (C=O) groups excluding carboxylic acids is 1. The Morgan fingerprint density at radius 2 is 1.90 bits per heavy atom. The first-order valence-electron chi connectivity index (χ1n) is 8.29. The van der Waals surface area contributed by atoms with Crippen molar-refractivity contribution in [2.75, 3.05) is 0 Å². The summed E-state index contributed by atoms with van der Waals surface area (Å²) in [5.74, 6) is 0.731. The summed E-state index contributed by atoms with van der Waals surface area (Å²) in [4.78, 5) is 22.3. The maximum atomic E-state index is 11.9. The molecule has 1 N–H and O–H groups in total. The van der Waals surface area contributed by atoms with Crippen LogP contribution in [0.3, 0.4) is 0 Å². The van der Waals surface area contributed by atoms with Crippen molar-refractivity contribution in [3.63, 3.8) is 0 Å². The smallest absolute Gasteiger partial charge is 0.306 e. The summed E-state index contributed by atoms with van der Waals surface area (Å²) in [6.45, 7) is 6.70. The number of ether oxygens (including phenoxy) is 1. The quantitative estimate of drug-likeness (QED) is 0.752. The fourth-order valence-corrected chi connectivity index (χ4v) is 3.18. The molecule has 1 saturated carbocycles. The van der Waals surface area contributed by atoms with Gasteiger partial charge < -0.3 is 9.84 Å². The number of carboxylic acids is 1. The van der Waals surface area contributed by atoms with Crippen molar-refractivity contribution in [3.05, 3.63) is 0 Å². The van der Waals surface area contributed by atoms with E-state index in [0.717, 1.165) is 12.8 Å². The third kappa shape index (κ3) is 7.49. The van der Waals surface area contributed by atoms with Gasteiger partial charge in [0.25, 0.3) is 0 Å². The highest BCUT2D eigenvalue weighted by Crippen LogP contribution is 2.32. The Labute approximate surface area is 128 Å². The third-order valence-corrected chi connectivity index (χ3v) is 4.52. The molecule has 0 unspecified atom stereocenters. The fourth-order valence-electron chi connectivity index (χ4n) is 3.18. The Morgan fingerprint density at radius 3 is 2.52 bits per heavy atom. The molecule has 0 saturated heterocycles. The van der Waals surface area contributed by atoms with Crippen LogP contribution < -0.4 is 0 Å². The van der Waals surface area contributed by atoms with Crippen LogP contribution in [0, 0.1) is 17.8 Å². The Balaban J connectivity index is 2.47. The summed E-state index contributed by atoms with van der Waals surface area (Å²) in [5, 5.41) is 8.59. The third-order valence-electron chi connectivity index (χ3n) is 4.52. The van der Waals surface area contributed by atoms with Gasteiger partial charge in [-0.15, -0.1) is 0 Å². The number of hydrogen-bond acceptors (Lipinski definition) is 3. The maximum Gasteiger partial charge on any atom is 0.306 e. The van der Waals surface area contributed by atoms with Crippen LogP contribution in [0.15, 0.2) is 0 Å². The van der Waals surface area contributed by atoms with Gasteiger partial charge in [0.1, 0.15) is 6.10 Å². The lowest BCUT2D eigenvalue weighted by atomic mass is 9.80. The SMILES string of the molecule is CC(C)[C@@H]1CCC[C@@H](C)C[C@@H](OC(=O)CCCC(=O)O)C1. The number of carbonyl (C=O) groups is 2. The summed E-state index contributed by atoms with van der Waals surface area (Å²) in [6, 6.07) is 0. The molecule has 4 heteroatoms. The zero-order chi connectivity index (χ0) is 15.8. The lowest BCUT2D eigenvalue weighted by molar-refractivity contribution is -0.151. The molecule has 0 heterocycles. The molecule has 21 heavy (non-hydrogen) atoms. The molecular formula is C17H30O4. The largest absolute Gasteiger partial charge is 0.481 e. The topological polar surface area (TPSA) is 63.6 Å². The highest BCUT2D eigenvalue weighted by molar-refractivity contribution is 5.71. The summed E-state index contributed by atoms with van der Waals surface area (Å²) < 4.78 is 5.63. The Bertz CT molecular complexity index is 338. The van der Waals surface area contributed by atoms with Crippen LogP contribution in [0.2, 0.25) is 0 Å². The number of esters is 1. The predicted octanol–water partition coefficient (Wildman–Crippen LogP) is 4.03. The second-order valence-electron chi connectivity index (χ2n) is 6.87. The summed E-state index contributed by atoms with van der Waals surface area (Å²) >= 11 is 0. The normalized spacial score (nSPS) is 27.0. The summed E-state index contributed by atoms with van der Waals surface area (Å²) in [5.41, 5.74) is 0. The van der Waals surface area contributed by atoms with Crippen LogP contribution in [0.5, 0.6) is 0 Å². The van der Waals surface area contributed by atoms with Crippen LogP contribution in [-0.2, 0) is 14.3 Å². The van der Waals surface area contributed by atoms with E-state index < -0.39 is 5.97 Å². The van der Waals surface area contributed by atoms with E-state index in [1.165, 1.54) is 19.3 Å². The fraction of sp³-hybridized carbons (Fsp3) is 0.882. The van der Waals surface area contributed by atoms with Crippen LogP contribution in [0.1, 0.15) is 72.1 Å². The molecule has 0 aliphatic heterocycles. The number of hydrogen-bond donors (Lipinski definition) is 1. The molecule has 1 aliphatic carbocycles. The first-order valence-corrected chi connectivity index (χ1v) is 8.29. The number of aliphatic carboxylic acids is 1. The van der Waals surface area contributed by atoms with Gasteiger partial charge in [0.2, 0.25) is 0 Å². The van der Waals surface area contributed by atoms with Gasteiger partial charge in [0.05, 0.1) is 0 Å². The molecule has 1 aliphatic rings. The zero-order valence-electron chi connectivity index (χ0n) is 13.6. The molecule has 0 aromatic heterocycles. The average Bonchev–Trinajstić information content (AvgIpc) is 2.34. The Hall–Kier alpha value is -1.06. The van der Waals surface area contributed by atoms with E-state index in [1.54, 1.807) is 0 Å². The van der Waals surface area contributed by atoms with E-state index in [4.69, 9.17) is 9.84 Å². The van der Waals surface area contributed by atoms with Crippen molar-refractivity contribution < 1.29 is 19.4 Å². The second kappa shape index (κ2) is 9.06. The van der Waals surface area contributed by atoms with Gasteiger partial charge in [-0.3, -0.25) is 9.59 Å².